The maximum atomic E-state index is 13.4. The number of halogens is 5. The Balaban J connectivity index is 2.36. The van der Waals surface area contributed by atoms with Gasteiger partial charge in [-0.15, -0.1) is 0 Å². The molecular formula is C13H5F5N2O3. The van der Waals surface area contributed by atoms with Crippen molar-refractivity contribution in [2.24, 2.45) is 0 Å². The Kier molecular flexibility index (Phi) is 4.25. The lowest BCUT2D eigenvalue weighted by atomic mass is 10.2. The van der Waals surface area contributed by atoms with Gasteiger partial charge in [0.2, 0.25) is 5.82 Å². The monoisotopic (exact) mass is 332 g/mol. The number of carbonyl (C=O) groups excluding carboxylic acids is 1. The molecule has 2 aromatic carbocycles. The minimum absolute atomic E-state index is 0.278. The van der Waals surface area contributed by atoms with Crippen LogP contribution in [0.5, 0.6) is 0 Å². The summed E-state index contributed by atoms with van der Waals surface area (Å²) in [4.78, 5) is 21.5. The fourth-order valence-electron chi connectivity index (χ4n) is 1.63. The van der Waals surface area contributed by atoms with Gasteiger partial charge in [-0.25, -0.2) is 22.0 Å². The maximum absolute atomic E-state index is 13.4. The predicted molar refractivity (Wildman–Crippen MR) is 67.3 cm³/mol. The van der Waals surface area contributed by atoms with E-state index in [1.54, 1.807) is 5.32 Å². The first-order chi connectivity index (χ1) is 10.7. The van der Waals surface area contributed by atoms with E-state index in [1.807, 2.05) is 0 Å². The number of hydrogen-bond donors (Lipinski definition) is 1. The van der Waals surface area contributed by atoms with Gasteiger partial charge in [0.25, 0.3) is 11.6 Å². The number of hydrogen-bond acceptors (Lipinski definition) is 3. The lowest BCUT2D eigenvalue weighted by Gasteiger charge is -2.09. The molecule has 2 rings (SSSR count). The first-order valence-electron chi connectivity index (χ1n) is 5.81. The van der Waals surface area contributed by atoms with Crippen LogP contribution in [0.2, 0.25) is 0 Å². The van der Waals surface area contributed by atoms with E-state index in [0.717, 1.165) is 24.3 Å². The highest BCUT2D eigenvalue weighted by atomic mass is 19.2. The van der Waals surface area contributed by atoms with E-state index in [-0.39, 0.29) is 11.3 Å². The van der Waals surface area contributed by atoms with Crippen molar-refractivity contribution < 1.29 is 31.7 Å². The zero-order chi connectivity index (χ0) is 17.3. The quantitative estimate of drug-likeness (QED) is 0.307. The van der Waals surface area contributed by atoms with Crippen LogP contribution >= 0.6 is 0 Å². The van der Waals surface area contributed by atoms with Crippen LogP contribution in [0.15, 0.2) is 24.3 Å². The summed E-state index contributed by atoms with van der Waals surface area (Å²) in [6, 6.07) is 3.79. The Morgan fingerprint density at radius 2 is 1.30 bits per heavy atom. The van der Waals surface area contributed by atoms with Gasteiger partial charge >= 0.3 is 0 Å². The smallest absolute Gasteiger partial charge is 0.269 e. The molecule has 0 atom stereocenters. The second-order valence-corrected chi connectivity index (χ2v) is 4.20. The number of nitro benzene ring substituents is 1. The van der Waals surface area contributed by atoms with Crippen LogP contribution in [-0.2, 0) is 0 Å². The van der Waals surface area contributed by atoms with Crippen molar-refractivity contribution in [2.45, 2.75) is 0 Å². The summed E-state index contributed by atoms with van der Waals surface area (Å²) in [5, 5.41) is 12.0. The largest absolute Gasteiger partial charge is 0.317 e. The molecule has 10 heteroatoms. The summed E-state index contributed by atoms with van der Waals surface area (Å²) in [6.07, 6.45) is 0. The molecular weight excluding hydrogens is 327 g/mol. The zero-order valence-corrected chi connectivity index (χ0v) is 10.9. The third kappa shape index (κ3) is 2.96. The van der Waals surface area contributed by atoms with Crippen molar-refractivity contribution >= 4 is 17.3 Å². The molecule has 0 radical (unpaired) electrons. The van der Waals surface area contributed by atoms with Gasteiger partial charge in [-0.05, 0) is 12.1 Å². The number of benzene rings is 2. The molecule has 0 aromatic heterocycles. The fourth-order valence-corrected chi connectivity index (χ4v) is 1.63. The molecule has 5 nitrogen and oxygen atoms in total. The number of carbonyl (C=O) groups is 1. The molecule has 0 spiro atoms. The van der Waals surface area contributed by atoms with Crippen LogP contribution in [0, 0.1) is 39.2 Å². The lowest BCUT2D eigenvalue weighted by Crippen LogP contribution is -2.16. The van der Waals surface area contributed by atoms with Crippen LogP contribution < -0.4 is 5.32 Å². The Bertz CT molecular complexity index is 779. The predicted octanol–water partition coefficient (Wildman–Crippen LogP) is 3.54. The molecule has 0 saturated heterocycles. The number of anilines is 1. The summed E-state index contributed by atoms with van der Waals surface area (Å²) < 4.78 is 65.7. The fraction of sp³-hybridized carbons (Fsp3) is 0. The Hall–Kier alpha value is -3.04. The van der Waals surface area contributed by atoms with Gasteiger partial charge in [0.15, 0.2) is 23.3 Å². The average Bonchev–Trinajstić information content (AvgIpc) is 2.55. The number of nitrogens with zero attached hydrogens (tertiary/aromatic N) is 1. The molecule has 0 aliphatic rings. The van der Waals surface area contributed by atoms with Crippen molar-refractivity contribution in [3.05, 3.63) is 69.0 Å². The highest BCUT2D eigenvalue weighted by molar-refractivity contribution is 6.04. The van der Waals surface area contributed by atoms with Gasteiger partial charge in [0.1, 0.15) is 5.69 Å². The van der Waals surface area contributed by atoms with Gasteiger partial charge in [0, 0.05) is 17.7 Å². The highest BCUT2D eigenvalue weighted by Crippen LogP contribution is 2.27. The van der Waals surface area contributed by atoms with E-state index in [1.165, 1.54) is 0 Å². The van der Waals surface area contributed by atoms with Gasteiger partial charge in [-0.3, -0.25) is 14.9 Å². The van der Waals surface area contributed by atoms with E-state index in [0.29, 0.717) is 0 Å². The molecule has 120 valence electrons. The molecule has 2 aromatic rings. The summed E-state index contributed by atoms with van der Waals surface area (Å²) >= 11 is 0. The minimum Gasteiger partial charge on any atom is -0.317 e. The van der Waals surface area contributed by atoms with Gasteiger partial charge < -0.3 is 5.32 Å². The summed E-state index contributed by atoms with van der Waals surface area (Å²) in [7, 11) is 0. The molecule has 0 bridgehead atoms. The third-order valence-electron chi connectivity index (χ3n) is 2.79. The second-order valence-electron chi connectivity index (χ2n) is 4.20. The number of rotatable bonds is 3. The van der Waals surface area contributed by atoms with Crippen LogP contribution in [0.1, 0.15) is 10.4 Å². The van der Waals surface area contributed by atoms with Crippen LogP contribution in [0.3, 0.4) is 0 Å². The van der Waals surface area contributed by atoms with Crippen LogP contribution in [-0.4, -0.2) is 10.8 Å². The van der Waals surface area contributed by atoms with Crippen molar-refractivity contribution in [2.75, 3.05) is 5.32 Å². The molecule has 1 N–H and O–H groups in total. The number of nitrogens with one attached hydrogen (secondary N) is 1. The topological polar surface area (TPSA) is 72.2 Å². The number of nitro groups is 1. The normalized spacial score (nSPS) is 10.5. The van der Waals surface area contributed by atoms with Crippen molar-refractivity contribution in [3.63, 3.8) is 0 Å². The Labute approximate surface area is 124 Å². The first kappa shape index (κ1) is 16.3. The number of amides is 1. The van der Waals surface area contributed by atoms with Gasteiger partial charge in [0.05, 0.1) is 4.92 Å². The molecule has 1 amide bonds. The minimum atomic E-state index is -2.35. The van der Waals surface area contributed by atoms with E-state index in [4.69, 9.17) is 0 Å². The highest BCUT2D eigenvalue weighted by Gasteiger charge is 2.27. The molecule has 0 unspecified atom stereocenters. The zero-order valence-electron chi connectivity index (χ0n) is 10.9. The molecule has 23 heavy (non-hydrogen) atoms. The Morgan fingerprint density at radius 3 is 1.74 bits per heavy atom. The summed E-state index contributed by atoms with van der Waals surface area (Å²) in [5.41, 5.74) is -2.14. The summed E-state index contributed by atoms with van der Waals surface area (Å²) in [5.74, 6) is -12.4. The number of non-ortho nitro benzene ring substituents is 1. The van der Waals surface area contributed by atoms with Crippen molar-refractivity contribution in [1.29, 1.82) is 0 Å². The summed E-state index contributed by atoms with van der Waals surface area (Å²) in [6.45, 7) is 0. The van der Waals surface area contributed by atoms with Crippen LogP contribution in [0.25, 0.3) is 0 Å². The van der Waals surface area contributed by atoms with E-state index in [9.17, 15) is 36.9 Å². The lowest BCUT2D eigenvalue weighted by molar-refractivity contribution is -0.384. The molecule has 0 fully saturated rings. The molecule has 0 heterocycles. The van der Waals surface area contributed by atoms with E-state index < -0.39 is 45.6 Å². The van der Waals surface area contributed by atoms with Gasteiger partial charge in [-0.2, -0.15) is 0 Å². The standard InChI is InChI=1S/C13H5F5N2O3/c14-7-8(15)10(17)12(11(18)9(7)16)19-13(21)5-1-3-6(4-2-5)20(22)23/h1-4H,(H,19,21). The second kappa shape index (κ2) is 5.99. The van der Waals surface area contributed by atoms with Gasteiger partial charge in [-0.1, -0.05) is 0 Å². The van der Waals surface area contributed by atoms with E-state index >= 15 is 0 Å². The van der Waals surface area contributed by atoms with Crippen LogP contribution in [0.4, 0.5) is 33.3 Å². The SMILES string of the molecule is O=C(Nc1c(F)c(F)c(F)c(F)c1F)c1ccc([N+](=O)[O-])cc1. The van der Waals surface area contributed by atoms with Crippen molar-refractivity contribution in [3.8, 4) is 0 Å². The van der Waals surface area contributed by atoms with Crippen molar-refractivity contribution in [1.82, 2.24) is 0 Å². The third-order valence-corrected chi connectivity index (χ3v) is 2.79. The molecule has 0 saturated carbocycles. The maximum Gasteiger partial charge on any atom is 0.269 e. The molecule has 0 aliphatic carbocycles. The first-order valence-corrected chi connectivity index (χ1v) is 5.81. The van der Waals surface area contributed by atoms with E-state index in [2.05, 4.69) is 0 Å². The average molecular weight is 332 g/mol. The molecule has 0 aliphatic heterocycles. The Morgan fingerprint density at radius 1 is 0.870 bits per heavy atom.